The van der Waals surface area contributed by atoms with Crippen molar-refractivity contribution in [2.24, 2.45) is 0 Å². The second kappa shape index (κ2) is 5.62. The highest BCUT2D eigenvalue weighted by molar-refractivity contribution is 7.17. The lowest BCUT2D eigenvalue weighted by atomic mass is 10.0. The summed E-state index contributed by atoms with van der Waals surface area (Å²) in [6.07, 6.45) is 1.27. The molecule has 23 heavy (non-hydrogen) atoms. The summed E-state index contributed by atoms with van der Waals surface area (Å²) in [5.74, 6) is -1.31. The van der Waals surface area contributed by atoms with Gasteiger partial charge in [-0.2, -0.15) is 0 Å². The Morgan fingerprint density at radius 3 is 2.70 bits per heavy atom. The molecular weight excluding hydrogens is 312 g/mol. The van der Waals surface area contributed by atoms with E-state index in [0.717, 1.165) is 21.3 Å². The number of carboxylic acid groups (broad SMARTS) is 1. The van der Waals surface area contributed by atoms with Crippen LogP contribution in [0.25, 0.3) is 21.3 Å². The first kappa shape index (κ1) is 15.4. The Morgan fingerprint density at radius 2 is 2.04 bits per heavy atom. The zero-order chi connectivity index (χ0) is 16.7. The molecule has 0 aliphatic heterocycles. The summed E-state index contributed by atoms with van der Waals surface area (Å²) in [6.45, 7) is 5.45. The Kier molecular flexibility index (Phi) is 3.77. The number of aliphatic carboxylic acids is 1. The monoisotopic (exact) mass is 327 g/mol. The average Bonchev–Trinajstić information content (AvgIpc) is 2.94. The van der Waals surface area contributed by atoms with Crippen molar-refractivity contribution in [2.45, 2.75) is 26.8 Å². The van der Waals surface area contributed by atoms with Crippen LogP contribution < -0.4 is 10.7 Å². The number of carbonyl (C=O) groups is 1. The van der Waals surface area contributed by atoms with E-state index in [0.29, 0.717) is 10.2 Å². The minimum Gasteiger partial charge on any atom is -0.548 e. The quantitative estimate of drug-likeness (QED) is 0.738. The predicted molar refractivity (Wildman–Crippen MR) is 88.5 cm³/mol. The van der Waals surface area contributed by atoms with E-state index >= 15 is 0 Å². The summed E-state index contributed by atoms with van der Waals surface area (Å²) in [5.41, 5.74) is 3.66. The highest BCUT2D eigenvalue weighted by Gasteiger charge is 2.16. The first-order chi connectivity index (χ1) is 10.9. The molecule has 6 heteroatoms. The zero-order valence-electron chi connectivity index (χ0n) is 13.0. The molecule has 0 bridgehead atoms. The van der Waals surface area contributed by atoms with Crippen LogP contribution in [0.3, 0.4) is 0 Å². The molecular formula is C17H15N2O3S-. The van der Waals surface area contributed by atoms with Gasteiger partial charge in [0.25, 0.3) is 5.56 Å². The Morgan fingerprint density at radius 1 is 1.30 bits per heavy atom. The fraction of sp³-hybridized carbons (Fsp3) is 0.235. The molecule has 0 amide bonds. The number of nitrogens with zero attached hydrogens (tertiary/aromatic N) is 2. The largest absolute Gasteiger partial charge is 0.548 e. The number of hydrogen-bond donors (Lipinski definition) is 0. The summed E-state index contributed by atoms with van der Waals surface area (Å²) < 4.78 is 1.11. The number of aromatic nitrogens is 2. The van der Waals surface area contributed by atoms with Crippen LogP contribution in [0.15, 0.2) is 34.7 Å². The first-order valence-electron chi connectivity index (χ1n) is 7.17. The van der Waals surface area contributed by atoms with Gasteiger partial charge in [0.05, 0.1) is 23.7 Å². The lowest BCUT2D eigenvalue weighted by Gasteiger charge is -2.15. The summed E-state index contributed by atoms with van der Waals surface area (Å²) in [4.78, 5) is 28.6. The summed E-state index contributed by atoms with van der Waals surface area (Å²) in [6, 6.07) is 4.93. The van der Waals surface area contributed by atoms with Gasteiger partial charge in [-0.3, -0.25) is 9.36 Å². The normalized spacial score (nSPS) is 12.5. The number of rotatable bonds is 3. The van der Waals surface area contributed by atoms with Crippen molar-refractivity contribution < 1.29 is 9.90 Å². The van der Waals surface area contributed by atoms with Crippen LogP contribution in [0, 0.1) is 13.8 Å². The summed E-state index contributed by atoms with van der Waals surface area (Å²) in [7, 11) is 0. The third-order valence-corrected chi connectivity index (χ3v) is 4.98. The second-order valence-electron chi connectivity index (χ2n) is 5.58. The van der Waals surface area contributed by atoms with Crippen molar-refractivity contribution in [1.29, 1.82) is 0 Å². The van der Waals surface area contributed by atoms with Gasteiger partial charge in [0.1, 0.15) is 4.83 Å². The van der Waals surface area contributed by atoms with Gasteiger partial charge in [-0.25, -0.2) is 4.98 Å². The highest BCUT2D eigenvalue weighted by atomic mass is 32.1. The molecule has 2 aromatic heterocycles. The topological polar surface area (TPSA) is 75.0 Å². The van der Waals surface area contributed by atoms with E-state index in [1.165, 1.54) is 30.2 Å². The number of carbonyl (C=O) groups excluding carboxylic acids is 1. The van der Waals surface area contributed by atoms with Crippen molar-refractivity contribution in [1.82, 2.24) is 9.55 Å². The van der Waals surface area contributed by atoms with Gasteiger partial charge in [-0.1, -0.05) is 18.2 Å². The molecule has 0 saturated heterocycles. The van der Waals surface area contributed by atoms with E-state index in [-0.39, 0.29) is 5.56 Å². The van der Waals surface area contributed by atoms with E-state index in [1.807, 2.05) is 37.4 Å². The average molecular weight is 327 g/mol. The van der Waals surface area contributed by atoms with Crippen molar-refractivity contribution in [3.05, 3.63) is 51.4 Å². The predicted octanol–water partition coefficient (Wildman–Crippen LogP) is 2.05. The molecule has 0 aliphatic carbocycles. The maximum Gasteiger partial charge on any atom is 0.263 e. The third kappa shape index (κ3) is 2.55. The SMILES string of the molecule is Cc1ccc(-c2csc3ncn([C@H](C)C(=O)[O-])c(=O)c23)cc1C. The maximum atomic E-state index is 12.7. The minimum absolute atomic E-state index is 0.360. The van der Waals surface area contributed by atoms with E-state index in [2.05, 4.69) is 4.98 Å². The van der Waals surface area contributed by atoms with Crippen LogP contribution >= 0.6 is 11.3 Å². The Balaban J connectivity index is 2.27. The van der Waals surface area contributed by atoms with Crippen LogP contribution in [0.2, 0.25) is 0 Å². The molecule has 0 radical (unpaired) electrons. The molecule has 0 saturated carbocycles. The van der Waals surface area contributed by atoms with E-state index in [4.69, 9.17) is 0 Å². The fourth-order valence-electron chi connectivity index (χ4n) is 2.46. The van der Waals surface area contributed by atoms with Crippen molar-refractivity contribution in [2.75, 3.05) is 0 Å². The van der Waals surface area contributed by atoms with Gasteiger partial charge in [0.15, 0.2) is 0 Å². The van der Waals surface area contributed by atoms with Gasteiger partial charge in [-0.15, -0.1) is 11.3 Å². The number of thiophene rings is 1. The summed E-state index contributed by atoms with van der Waals surface area (Å²) >= 11 is 1.37. The molecule has 0 N–H and O–H groups in total. The Hall–Kier alpha value is -2.47. The molecule has 1 aromatic carbocycles. The van der Waals surface area contributed by atoms with Crippen LogP contribution in [0.1, 0.15) is 24.1 Å². The molecule has 0 aliphatic rings. The minimum atomic E-state index is -1.31. The molecule has 0 spiro atoms. The highest BCUT2D eigenvalue weighted by Crippen LogP contribution is 2.31. The number of aryl methyl sites for hydroxylation is 2. The molecule has 118 valence electrons. The molecule has 0 fully saturated rings. The van der Waals surface area contributed by atoms with Crippen LogP contribution in [-0.4, -0.2) is 15.5 Å². The number of hydrogen-bond acceptors (Lipinski definition) is 5. The molecule has 5 nitrogen and oxygen atoms in total. The zero-order valence-corrected chi connectivity index (χ0v) is 13.8. The Bertz CT molecular complexity index is 972. The van der Waals surface area contributed by atoms with Gasteiger partial charge in [0.2, 0.25) is 0 Å². The number of fused-ring (bicyclic) bond motifs is 1. The van der Waals surface area contributed by atoms with Crippen molar-refractivity contribution in [3.63, 3.8) is 0 Å². The standard InChI is InChI=1S/C17H16N2O3S/c1-9-4-5-12(6-10(9)2)13-7-23-15-14(13)16(20)19(8-18-15)11(3)17(21)22/h4-8,11H,1-3H3,(H,21,22)/p-1/t11-/m1/s1. The number of benzene rings is 1. The third-order valence-electron chi connectivity index (χ3n) is 4.10. The lowest BCUT2D eigenvalue weighted by molar-refractivity contribution is -0.309. The van der Waals surface area contributed by atoms with E-state index in [1.54, 1.807) is 0 Å². The van der Waals surface area contributed by atoms with E-state index in [9.17, 15) is 14.7 Å². The first-order valence-corrected chi connectivity index (χ1v) is 8.05. The van der Waals surface area contributed by atoms with Crippen molar-refractivity contribution in [3.8, 4) is 11.1 Å². The van der Waals surface area contributed by atoms with Crippen LogP contribution in [0.4, 0.5) is 0 Å². The van der Waals surface area contributed by atoms with Crippen LogP contribution in [-0.2, 0) is 4.79 Å². The van der Waals surface area contributed by atoms with E-state index < -0.39 is 12.0 Å². The van der Waals surface area contributed by atoms with Gasteiger partial charge in [0, 0.05) is 10.9 Å². The molecule has 3 rings (SSSR count). The number of carboxylic acids is 1. The van der Waals surface area contributed by atoms with Gasteiger partial charge < -0.3 is 9.90 Å². The maximum absolute atomic E-state index is 12.7. The Labute approximate surface area is 136 Å². The summed E-state index contributed by atoms with van der Waals surface area (Å²) in [5, 5.41) is 13.4. The van der Waals surface area contributed by atoms with Crippen LogP contribution in [0.5, 0.6) is 0 Å². The fourth-order valence-corrected chi connectivity index (χ4v) is 3.36. The van der Waals surface area contributed by atoms with Gasteiger partial charge >= 0.3 is 0 Å². The molecule has 1 atom stereocenters. The molecule has 3 aromatic rings. The van der Waals surface area contributed by atoms with Crippen molar-refractivity contribution >= 4 is 27.5 Å². The molecule has 0 unspecified atom stereocenters. The smallest absolute Gasteiger partial charge is 0.263 e. The second-order valence-corrected chi connectivity index (χ2v) is 6.44. The molecule has 2 heterocycles. The van der Waals surface area contributed by atoms with Gasteiger partial charge in [-0.05, 0) is 37.5 Å². The lowest BCUT2D eigenvalue weighted by Crippen LogP contribution is -2.36.